The number of pyridine rings is 1. The van der Waals surface area contributed by atoms with Gasteiger partial charge in [0, 0.05) is 23.0 Å². The van der Waals surface area contributed by atoms with Crippen molar-refractivity contribution in [2.75, 3.05) is 12.3 Å². The Balaban J connectivity index is 2.05. The van der Waals surface area contributed by atoms with Gasteiger partial charge in [0.25, 0.3) is 0 Å². The Hall–Kier alpha value is -1.55. The van der Waals surface area contributed by atoms with Gasteiger partial charge < -0.3 is 5.32 Å². The van der Waals surface area contributed by atoms with E-state index in [4.69, 9.17) is 0 Å². The Morgan fingerprint density at radius 2 is 2.17 bits per heavy atom. The first-order chi connectivity index (χ1) is 8.81. The van der Waals surface area contributed by atoms with Gasteiger partial charge in [0.2, 0.25) is 5.91 Å². The average Bonchev–Trinajstić information content (AvgIpc) is 2.42. The van der Waals surface area contributed by atoms with Crippen molar-refractivity contribution in [1.29, 1.82) is 0 Å². The van der Waals surface area contributed by atoms with Gasteiger partial charge in [-0.2, -0.15) is 0 Å². The summed E-state index contributed by atoms with van der Waals surface area (Å²) in [6.07, 6.45) is 2.75. The quantitative estimate of drug-likeness (QED) is 0.841. The third-order valence-corrected chi connectivity index (χ3v) is 3.57. The highest BCUT2D eigenvalue weighted by molar-refractivity contribution is 8.00. The fourth-order valence-corrected chi connectivity index (χ4v) is 2.52. The number of fused-ring (bicyclic) bond motifs is 1. The summed E-state index contributed by atoms with van der Waals surface area (Å²) in [6, 6.07) is 9.99. The van der Waals surface area contributed by atoms with Crippen molar-refractivity contribution in [3.63, 3.8) is 0 Å². The number of para-hydroxylation sites is 1. The predicted octanol–water partition coefficient (Wildman–Crippen LogP) is 2.85. The highest BCUT2D eigenvalue weighted by Crippen LogP contribution is 2.25. The van der Waals surface area contributed by atoms with E-state index in [9.17, 15) is 4.79 Å². The fourth-order valence-electron chi connectivity index (χ4n) is 1.65. The van der Waals surface area contributed by atoms with E-state index in [1.54, 1.807) is 6.20 Å². The van der Waals surface area contributed by atoms with Crippen molar-refractivity contribution >= 4 is 28.6 Å². The third kappa shape index (κ3) is 3.23. The lowest BCUT2D eigenvalue weighted by Gasteiger charge is -2.05. The molecule has 0 fully saturated rings. The number of hydrogen-bond donors (Lipinski definition) is 1. The van der Waals surface area contributed by atoms with Crippen LogP contribution in [-0.2, 0) is 4.79 Å². The first kappa shape index (κ1) is 12.9. The minimum Gasteiger partial charge on any atom is -0.355 e. The van der Waals surface area contributed by atoms with Crippen molar-refractivity contribution in [2.45, 2.75) is 18.2 Å². The van der Waals surface area contributed by atoms with Crippen LogP contribution in [0.15, 0.2) is 41.4 Å². The second-order valence-corrected chi connectivity index (χ2v) is 4.99. The van der Waals surface area contributed by atoms with E-state index < -0.39 is 0 Å². The summed E-state index contributed by atoms with van der Waals surface area (Å²) in [6.45, 7) is 2.79. The predicted molar refractivity (Wildman–Crippen MR) is 75.8 cm³/mol. The van der Waals surface area contributed by atoms with E-state index in [2.05, 4.69) is 10.3 Å². The zero-order chi connectivity index (χ0) is 12.8. The molecular weight excluding hydrogens is 244 g/mol. The zero-order valence-electron chi connectivity index (χ0n) is 10.3. The molecule has 1 amide bonds. The molecule has 0 saturated heterocycles. The zero-order valence-corrected chi connectivity index (χ0v) is 11.2. The molecule has 94 valence electrons. The molecule has 0 radical (unpaired) electrons. The van der Waals surface area contributed by atoms with Gasteiger partial charge in [-0.05, 0) is 18.6 Å². The van der Waals surface area contributed by atoms with Crippen LogP contribution in [0.25, 0.3) is 10.9 Å². The number of carbonyl (C=O) groups is 1. The molecule has 0 atom stereocenters. The average molecular weight is 260 g/mol. The SMILES string of the molecule is CCCNC(=O)CSc1cccc2cccnc12. The monoisotopic (exact) mass is 260 g/mol. The van der Waals surface area contributed by atoms with Gasteiger partial charge in [-0.25, -0.2) is 0 Å². The van der Waals surface area contributed by atoms with Gasteiger partial charge in [0.15, 0.2) is 0 Å². The van der Waals surface area contributed by atoms with Gasteiger partial charge in [0.1, 0.15) is 0 Å². The summed E-state index contributed by atoms with van der Waals surface area (Å²) < 4.78 is 0. The number of carbonyl (C=O) groups excluding carboxylic acids is 1. The first-order valence-corrected chi connectivity index (χ1v) is 7.03. The Labute approximate surface area is 111 Å². The van der Waals surface area contributed by atoms with Gasteiger partial charge >= 0.3 is 0 Å². The van der Waals surface area contributed by atoms with Crippen LogP contribution in [0, 0.1) is 0 Å². The van der Waals surface area contributed by atoms with Crippen LogP contribution in [0.2, 0.25) is 0 Å². The molecule has 0 aliphatic heterocycles. The molecule has 0 saturated carbocycles. The molecule has 0 aliphatic rings. The number of aromatic nitrogens is 1. The van der Waals surface area contributed by atoms with E-state index >= 15 is 0 Å². The van der Waals surface area contributed by atoms with E-state index in [1.807, 2.05) is 37.3 Å². The molecule has 1 aromatic carbocycles. The molecule has 18 heavy (non-hydrogen) atoms. The number of benzene rings is 1. The molecule has 2 rings (SSSR count). The second kappa shape index (κ2) is 6.40. The van der Waals surface area contributed by atoms with Crippen LogP contribution < -0.4 is 5.32 Å². The van der Waals surface area contributed by atoms with Gasteiger partial charge in [-0.1, -0.05) is 25.1 Å². The summed E-state index contributed by atoms with van der Waals surface area (Å²) in [5.74, 6) is 0.519. The lowest BCUT2D eigenvalue weighted by molar-refractivity contribution is -0.118. The Morgan fingerprint density at radius 3 is 3.00 bits per heavy atom. The number of thioether (sulfide) groups is 1. The number of hydrogen-bond acceptors (Lipinski definition) is 3. The number of amides is 1. The number of nitrogens with one attached hydrogen (secondary N) is 1. The molecular formula is C14H16N2OS. The molecule has 0 aliphatic carbocycles. The molecule has 3 nitrogen and oxygen atoms in total. The van der Waals surface area contributed by atoms with Crippen molar-refractivity contribution < 1.29 is 4.79 Å². The van der Waals surface area contributed by atoms with E-state index in [0.717, 1.165) is 28.8 Å². The normalized spacial score (nSPS) is 10.5. The molecule has 4 heteroatoms. The summed E-state index contributed by atoms with van der Waals surface area (Å²) in [5.41, 5.74) is 0.966. The molecule has 0 bridgehead atoms. The Kier molecular flexibility index (Phi) is 4.59. The molecule has 1 N–H and O–H groups in total. The lowest BCUT2D eigenvalue weighted by atomic mass is 10.2. The van der Waals surface area contributed by atoms with Gasteiger partial charge in [-0.15, -0.1) is 11.8 Å². The smallest absolute Gasteiger partial charge is 0.230 e. The lowest BCUT2D eigenvalue weighted by Crippen LogP contribution is -2.25. The maximum absolute atomic E-state index is 11.6. The molecule has 2 aromatic rings. The first-order valence-electron chi connectivity index (χ1n) is 6.04. The van der Waals surface area contributed by atoms with Crippen LogP contribution in [0.5, 0.6) is 0 Å². The minimum absolute atomic E-state index is 0.0785. The maximum atomic E-state index is 11.6. The van der Waals surface area contributed by atoms with Crippen molar-refractivity contribution in [3.05, 3.63) is 36.5 Å². The molecule has 1 aromatic heterocycles. The van der Waals surface area contributed by atoms with Crippen LogP contribution in [0.4, 0.5) is 0 Å². The minimum atomic E-state index is 0.0785. The summed E-state index contributed by atoms with van der Waals surface area (Å²) in [7, 11) is 0. The fraction of sp³-hybridized carbons (Fsp3) is 0.286. The highest BCUT2D eigenvalue weighted by atomic mass is 32.2. The largest absolute Gasteiger partial charge is 0.355 e. The van der Waals surface area contributed by atoms with E-state index in [-0.39, 0.29) is 5.91 Å². The Morgan fingerprint density at radius 1 is 1.33 bits per heavy atom. The van der Waals surface area contributed by atoms with Crippen LogP contribution in [0.3, 0.4) is 0 Å². The van der Waals surface area contributed by atoms with Crippen molar-refractivity contribution in [1.82, 2.24) is 10.3 Å². The van der Waals surface area contributed by atoms with Crippen LogP contribution in [-0.4, -0.2) is 23.2 Å². The molecule has 0 spiro atoms. The second-order valence-electron chi connectivity index (χ2n) is 3.97. The summed E-state index contributed by atoms with van der Waals surface area (Å²) in [4.78, 5) is 17.0. The van der Waals surface area contributed by atoms with Crippen LogP contribution in [0.1, 0.15) is 13.3 Å². The Bertz CT molecular complexity index is 537. The highest BCUT2D eigenvalue weighted by Gasteiger charge is 2.05. The van der Waals surface area contributed by atoms with Gasteiger partial charge in [0.05, 0.1) is 11.3 Å². The summed E-state index contributed by atoms with van der Waals surface area (Å²) in [5, 5.41) is 3.98. The molecule has 1 heterocycles. The van der Waals surface area contributed by atoms with Crippen molar-refractivity contribution in [3.8, 4) is 0 Å². The molecule has 0 unspecified atom stereocenters. The number of rotatable bonds is 5. The number of nitrogens with zero attached hydrogens (tertiary/aromatic N) is 1. The van der Waals surface area contributed by atoms with Crippen molar-refractivity contribution in [2.24, 2.45) is 0 Å². The summed E-state index contributed by atoms with van der Waals surface area (Å²) >= 11 is 1.53. The van der Waals surface area contributed by atoms with Crippen LogP contribution >= 0.6 is 11.8 Å². The van der Waals surface area contributed by atoms with E-state index in [0.29, 0.717) is 5.75 Å². The topological polar surface area (TPSA) is 42.0 Å². The third-order valence-electron chi connectivity index (χ3n) is 2.53. The standard InChI is InChI=1S/C14H16N2OS/c1-2-8-15-13(17)10-18-12-7-3-5-11-6-4-9-16-14(11)12/h3-7,9H,2,8,10H2,1H3,(H,15,17). The van der Waals surface area contributed by atoms with E-state index in [1.165, 1.54) is 11.8 Å². The van der Waals surface area contributed by atoms with Gasteiger partial charge in [-0.3, -0.25) is 9.78 Å². The maximum Gasteiger partial charge on any atom is 0.230 e.